The molecule has 0 spiro atoms. The van der Waals surface area contributed by atoms with E-state index in [0.717, 1.165) is 43.0 Å². The number of nitrogens with one attached hydrogen (secondary N) is 1. The smallest absolute Gasteiger partial charge is 0.223 e. The lowest BCUT2D eigenvalue weighted by Crippen LogP contribution is -2.20. The van der Waals surface area contributed by atoms with Crippen LogP contribution in [0.15, 0.2) is 18.3 Å². The van der Waals surface area contributed by atoms with Crippen molar-refractivity contribution in [3.05, 3.63) is 40.4 Å². The number of aromatic nitrogens is 2. The molecule has 0 aliphatic carbocycles. The van der Waals surface area contributed by atoms with Gasteiger partial charge >= 0.3 is 0 Å². The van der Waals surface area contributed by atoms with Gasteiger partial charge < -0.3 is 5.32 Å². The molecule has 0 bridgehead atoms. The van der Waals surface area contributed by atoms with Gasteiger partial charge in [-0.3, -0.25) is 14.7 Å². The first kappa shape index (κ1) is 17.0. The molecule has 2 aromatic rings. The number of anilines is 1. The summed E-state index contributed by atoms with van der Waals surface area (Å²) in [6, 6.07) is 3.29. The Labute approximate surface area is 144 Å². The second kappa shape index (κ2) is 7.36. The largest absolute Gasteiger partial charge is 0.302 e. The minimum atomic E-state index is -0.244. The summed E-state index contributed by atoms with van der Waals surface area (Å²) in [7, 11) is 0. The molecular formula is C17H21FN4OS. The first-order valence-electron chi connectivity index (χ1n) is 8.06. The number of nitrogens with zero attached hydrogens (tertiary/aromatic N) is 3. The molecule has 3 rings (SSSR count). The van der Waals surface area contributed by atoms with Crippen molar-refractivity contribution in [2.45, 2.75) is 33.2 Å². The second-order valence-corrected chi connectivity index (χ2v) is 7.39. The Balaban J connectivity index is 1.52. The zero-order chi connectivity index (χ0) is 17.1. The fourth-order valence-corrected chi connectivity index (χ4v) is 3.94. The van der Waals surface area contributed by atoms with Gasteiger partial charge in [-0.1, -0.05) is 0 Å². The molecule has 1 N–H and O–H groups in total. The van der Waals surface area contributed by atoms with Crippen LogP contribution in [0.4, 0.5) is 9.52 Å². The highest BCUT2D eigenvalue weighted by Gasteiger charge is 2.23. The molecule has 1 aliphatic heterocycles. The van der Waals surface area contributed by atoms with Crippen molar-refractivity contribution in [3.8, 4) is 0 Å². The van der Waals surface area contributed by atoms with Gasteiger partial charge in [0.15, 0.2) is 5.13 Å². The Bertz CT molecular complexity index is 733. The Morgan fingerprint density at radius 3 is 3.08 bits per heavy atom. The number of pyridine rings is 1. The molecule has 1 unspecified atom stereocenters. The summed E-state index contributed by atoms with van der Waals surface area (Å²) >= 11 is 1.52. The van der Waals surface area contributed by atoms with E-state index in [-0.39, 0.29) is 11.7 Å². The van der Waals surface area contributed by atoms with E-state index in [1.807, 2.05) is 6.20 Å². The van der Waals surface area contributed by atoms with Crippen molar-refractivity contribution >= 4 is 22.4 Å². The fourth-order valence-electron chi connectivity index (χ4n) is 3.04. The third kappa shape index (κ3) is 4.36. The molecule has 0 saturated carbocycles. The number of hydrogen-bond acceptors (Lipinski definition) is 5. The SMILES string of the molecule is CC(=O)Nc1ncc(CN2CCC(Cc3ccc(F)c(C)n3)C2)s1. The van der Waals surface area contributed by atoms with E-state index in [1.165, 1.54) is 24.3 Å². The van der Waals surface area contributed by atoms with Crippen LogP contribution in [-0.4, -0.2) is 33.9 Å². The predicted molar refractivity (Wildman–Crippen MR) is 92.4 cm³/mol. The topological polar surface area (TPSA) is 58.1 Å². The van der Waals surface area contributed by atoms with E-state index in [2.05, 4.69) is 20.2 Å². The Hall–Kier alpha value is -1.86. The zero-order valence-electron chi connectivity index (χ0n) is 13.9. The number of thiazole rings is 1. The van der Waals surface area contributed by atoms with Crippen LogP contribution >= 0.6 is 11.3 Å². The molecule has 1 atom stereocenters. The minimum absolute atomic E-state index is 0.0979. The molecule has 1 amide bonds. The number of aryl methyl sites for hydroxylation is 1. The van der Waals surface area contributed by atoms with Gasteiger partial charge in [0.25, 0.3) is 0 Å². The molecular weight excluding hydrogens is 327 g/mol. The van der Waals surface area contributed by atoms with Gasteiger partial charge in [0.05, 0.1) is 5.69 Å². The second-order valence-electron chi connectivity index (χ2n) is 6.28. The molecule has 3 heterocycles. The van der Waals surface area contributed by atoms with Crippen LogP contribution in [0.1, 0.15) is 29.6 Å². The minimum Gasteiger partial charge on any atom is -0.302 e. The maximum absolute atomic E-state index is 13.3. The third-order valence-electron chi connectivity index (χ3n) is 4.16. The van der Waals surface area contributed by atoms with Crippen LogP contribution in [0.2, 0.25) is 0 Å². The molecule has 2 aromatic heterocycles. The molecule has 1 fully saturated rings. The number of carbonyl (C=O) groups is 1. The number of hydrogen-bond donors (Lipinski definition) is 1. The normalized spacial score (nSPS) is 18.0. The van der Waals surface area contributed by atoms with Crippen LogP contribution in [0.3, 0.4) is 0 Å². The molecule has 24 heavy (non-hydrogen) atoms. The van der Waals surface area contributed by atoms with Gasteiger partial charge in [0, 0.05) is 36.8 Å². The van der Waals surface area contributed by atoms with Gasteiger partial charge in [0.1, 0.15) is 5.82 Å². The van der Waals surface area contributed by atoms with E-state index in [0.29, 0.717) is 16.7 Å². The van der Waals surface area contributed by atoms with Crippen molar-refractivity contribution in [3.63, 3.8) is 0 Å². The number of amides is 1. The summed E-state index contributed by atoms with van der Waals surface area (Å²) in [6.07, 6.45) is 3.83. The molecule has 1 aliphatic rings. The van der Waals surface area contributed by atoms with E-state index in [9.17, 15) is 9.18 Å². The molecule has 1 saturated heterocycles. The summed E-state index contributed by atoms with van der Waals surface area (Å²) in [5.41, 5.74) is 1.43. The summed E-state index contributed by atoms with van der Waals surface area (Å²) in [4.78, 5) is 23.1. The van der Waals surface area contributed by atoms with Crippen LogP contribution in [0, 0.1) is 18.7 Å². The molecule has 5 nitrogen and oxygen atoms in total. The first-order valence-corrected chi connectivity index (χ1v) is 8.88. The van der Waals surface area contributed by atoms with Gasteiger partial charge in [-0.2, -0.15) is 0 Å². The van der Waals surface area contributed by atoms with Crippen LogP contribution in [-0.2, 0) is 17.8 Å². The van der Waals surface area contributed by atoms with Crippen LogP contribution in [0.25, 0.3) is 0 Å². The fraction of sp³-hybridized carbons (Fsp3) is 0.471. The van der Waals surface area contributed by atoms with Crippen LogP contribution < -0.4 is 5.32 Å². The lowest BCUT2D eigenvalue weighted by molar-refractivity contribution is -0.114. The lowest BCUT2D eigenvalue weighted by atomic mass is 10.0. The van der Waals surface area contributed by atoms with Crippen molar-refractivity contribution in [2.75, 3.05) is 18.4 Å². The maximum atomic E-state index is 13.3. The average Bonchev–Trinajstić information content (AvgIpc) is 3.13. The van der Waals surface area contributed by atoms with Gasteiger partial charge in [-0.15, -0.1) is 11.3 Å². The van der Waals surface area contributed by atoms with Crippen molar-refractivity contribution in [1.82, 2.24) is 14.9 Å². The number of halogens is 1. The van der Waals surface area contributed by atoms with Gasteiger partial charge in [0.2, 0.25) is 5.91 Å². The summed E-state index contributed by atoms with van der Waals surface area (Å²) in [6.45, 7) is 6.08. The van der Waals surface area contributed by atoms with E-state index < -0.39 is 0 Å². The Morgan fingerprint density at radius 2 is 2.33 bits per heavy atom. The summed E-state index contributed by atoms with van der Waals surface area (Å²) in [5.74, 6) is 0.205. The van der Waals surface area contributed by atoms with Crippen molar-refractivity contribution in [1.29, 1.82) is 0 Å². The maximum Gasteiger partial charge on any atom is 0.223 e. The standard InChI is InChI=1S/C17H21FN4OS/c1-11-16(18)4-3-14(20-11)7-13-5-6-22(9-13)10-15-8-19-17(24-15)21-12(2)23/h3-4,8,13H,5-7,9-10H2,1-2H3,(H,19,21,23). The van der Waals surface area contributed by atoms with Gasteiger partial charge in [-0.25, -0.2) is 9.37 Å². The Morgan fingerprint density at radius 1 is 1.50 bits per heavy atom. The zero-order valence-corrected chi connectivity index (χ0v) is 14.7. The van der Waals surface area contributed by atoms with E-state index in [1.54, 1.807) is 13.0 Å². The Kier molecular flexibility index (Phi) is 5.20. The number of carbonyl (C=O) groups excluding carboxylic acids is 1. The average molecular weight is 348 g/mol. The highest BCUT2D eigenvalue weighted by atomic mass is 32.1. The van der Waals surface area contributed by atoms with Crippen molar-refractivity contribution in [2.24, 2.45) is 5.92 Å². The molecule has 7 heteroatoms. The quantitative estimate of drug-likeness (QED) is 0.902. The summed E-state index contributed by atoms with van der Waals surface area (Å²) in [5, 5.41) is 3.36. The van der Waals surface area contributed by atoms with E-state index >= 15 is 0 Å². The number of rotatable bonds is 5. The third-order valence-corrected chi connectivity index (χ3v) is 5.06. The highest BCUT2D eigenvalue weighted by Crippen LogP contribution is 2.25. The van der Waals surface area contributed by atoms with Crippen molar-refractivity contribution < 1.29 is 9.18 Å². The molecule has 128 valence electrons. The molecule has 0 radical (unpaired) electrons. The van der Waals surface area contributed by atoms with Gasteiger partial charge in [-0.05, 0) is 44.4 Å². The molecule has 0 aromatic carbocycles. The predicted octanol–water partition coefficient (Wildman–Crippen LogP) is 3.01. The lowest BCUT2D eigenvalue weighted by Gasteiger charge is -2.14. The number of likely N-dealkylation sites (tertiary alicyclic amines) is 1. The van der Waals surface area contributed by atoms with E-state index in [4.69, 9.17) is 0 Å². The van der Waals surface area contributed by atoms with Crippen LogP contribution in [0.5, 0.6) is 0 Å². The first-order chi connectivity index (χ1) is 11.5. The highest BCUT2D eigenvalue weighted by molar-refractivity contribution is 7.15. The summed E-state index contributed by atoms with van der Waals surface area (Å²) < 4.78 is 13.3. The monoisotopic (exact) mass is 348 g/mol.